The van der Waals surface area contributed by atoms with Crippen molar-refractivity contribution in [3.05, 3.63) is 69.7 Å². The number of benzene rings is 1. The van der Waals surface area contributed by atoms with E-state index in [-0.39, 0.29) is 17.4 Å². The third-order valence-electron chi connectivity index (χ3n) is 5.10. The molecule has 1 amide bonds. The van der Waals surface area contributed by atoms with E-state index in [2.05, 4.69) is 10.2 Å². The molecule has 0 N–H and O–H groups in total. The van der Waals surface area contributed by atoms with E-state index in [0.29, 0.717) is 30.5 Å². The van der Waals surface area contributed by atoms with Gasteiger partial charge in [-0.2, -0.15) is 0 Å². The summed E-state index contributed by atoms with van der Waals surface area (Å²) in [5.41, 5.74) is -0.0970. The van der Waals surface area contributed by atoms with Crippen LogP contribution in [0.5, 0.6) is 0 Å². The lowest BCUT2D eigenvalue weighted by molar-refractivity contribution is 0.0694. The van der Waals surface area contributed by atoms with Crippen molar-refractivity contribution in [3.8, 4) is 10.8 Å². The molecule has 1 aromatic carbocycles. The van der Waals surface area contributed by atoms with Gasteiger partial charge in [-0.05, 0) is 36.4 Å². The van der Waals surface area contributed by atoms with Crippen LogP contribution in [0.15, 0.2) is 61.5 Å². The second-order valence-electron chi connectivity index (χ2n) is 7.00. The van der Waals surface area contributed by atoms with Crippen LogP contribution in [0, 0.1) is 0 Å². The Morgan fingerprint density at radius 2 is 2.03 bits per heavy atom. The Bertz CT molecular complexity index is 1230. The zero-order valence-corrected chi connectivity index (χ0v) is 16.2. The van der Waals surface area contributed by atoms with Crippen molar-refractivity contribution in [3.63, 3.8) is 0 Å². The zero-order valence-electron chi connectivity index (χ0n) is 15.4. The number of likely N-dealkylation sites (tertiary alicyclic amines) is 1. The molecule has 0 bridgehead atoms. The van der Waals surface area contributed by atoms with Crippen LogP contribution < -0.4 is 5.63 Å². The van der Waals surface area contributed by atoms with Crippen molar-refractivity contribution in [2.24, 2.45) is 0 Å². The Morgan fingerprint density at radius 3 is 2.90 bits per heavy atom. The first-order chi connectivity index (χ1) is 14.2. The van der Waals surface area contributed by atoms with Gasteiger partial charge in [0.25, 0.3) is 11.8 Å². The van der Waals surface area contributed by atoms with Crippen LogP contribution in [0.25, 0.3) is 21.7 Å². The molecule has 0 radical (unpaired) electrons. The molecule has 29 heavy (non-hydrogen) atoms. The summed E-state index contributed by atoms with van der Waals surface area (Å²) in [4.78, 5) is 28.0. The molecular weight excluding hydrogens is 390 g/mol. The first-order valence-electron chi connectivity index (χ1n) is 9.38. The molecule has 8 heteroatoms. The van der Waals surface area contributed by atoms with Crippen LogP contribution in [-0.2, 0) is 0 Å². The third-order valence-corrected chi connectivity index (χ3v) is 5.96. The number of carbonyl (C=O) groups excluding carboxylic acids is 1. The molecule has 3 aromatic heterocycles. The molecule has 1 aliphatic rings. The second-order valence-corrected chi connectivity index (χ2v) is 7.95. The van der Waals surface area contributed by atoms with Gasteiger partial charge in [0.15, 0.2) is 0 Å². The summed E-state index contributed by atoms with van der Waals surface area (Å²) in [6.07, 6.45) is 1.65. The average molecular weight is 407 g/mol. The zero-order chi connectivity index (χ0) is 19.8. The Hall–Kier alpha value is -3.26. The number of nitrogens with zero attached hydrogens (tertiary/aromatic N) is 3. The minimum atomic E-state index is -0.617. The summed E-state index contributed by atoms with van der Waals surface area (Å²) in [6, 6.07) is 12.6. The van der Waals surface area contributed by atoms with Crippen molar-refractivity contribution in [1.29, 1.82) is 0 Å². The van der Waals surface area contributed by atoms with Gasteiger partial charge in [-0.25, -0.2) is 4.79 Å². The number of hydrogen-bond donors (Lipinski definition) is 0. The van der Waals surface area contributed by atoms with Gasteiger partial charge in [-0.3, -0.25) is 4.79 Å². The fourth-order valence-corrected chi connectivity index (χ4v) is 4.29. The van der Waals surface area contributed by atoms with Crippen LogP contribution in [0.2, 0.25) is 0 Å². The van der Waals surface area contributed by atoms with Crippen molar-refractivity contribution >= 4 is 28.2 Å². The fourth-order valence-electron chi connectivity index (χ4n) is 3.64. The van der Waals surface area contributed by atoms with Crippen LogP contribution in [0.1, 0.15) is 35.0 Å². The van der Waals surface area contributed by atoms with E-state index in [1.807, 2.05) is 29.6 Å². The Kier molecular flexibility index (Phi) is 4.48. The van der Waals surface area contributed by atoms with Gasteiger partial charge in [0, 0.05) is 18.5 Å². The smallest absolute Gasteiger partial charge is 0.349 e. The lowest BCUT2D eigenvalue weighted by atomic mass is 9.97. The highest BCUT2D eigenvalue weighted by atomic mass is 32.1. The van der Waals surface area contributed by atoms with E-state index < -0.39 is 5.63 Å². The van der Waals surface area contributed by atoms with Crippen molar-refractivity contribution in [2.45, 2.75) is 18.8 Å². The first kappa shape index (κ1) is 17.8. The lowest BCUT2D eigenvalue weighted by Crippen LogP contribution is -2.40. The van der Waals surface area contributed by atoms with Crippen molar-refractivity contribution in [2.75, 3.05) is 13.1 Å². The molecule has 0 aliphatic carbocycles. The van der Waals surface area contributed by atoms with Crippen LogP contribution in [0.3, 0.4) is 0 Å². The number of fused-ring (bicyclic) bond motifs is 1. The molecule has 1 aliphatic heterocycles. The normalized spacial score (nSPS) is 17.0. The highest BCUT2D eigenvalue weighted by Gasteiger charge is 2.30. The summed E-state index contributed by atoms with van der Waals surface area (Å²) < 4.78 is 11.2. The molecule has 1 fully saturated rings. The molecule has 0 unspecified atom stereocenters. The van der Waals surface area contributed by atoms with Crippen LogP contribution in [0.4, 0.5) is 0 Å². The van der Waals surface area contributed by atoms with E-state index in [0.717, 1.165) is 23.1 Å². The number of carbonyl (C=O) groups is 1. The minimum absolute atomic E-state index is 0.0501. The van der Waals surface area contributed by atoms with Gasteiger partial charge >= 0.3 is 5.63 Å². The second kappa shape index (κ2) is 7.29. The summed E-state index contributed by atoms with van der Waals surface area (Å²) >= 11 is 1.54. The molecule has 4 aromatic rings. The maximum atomic E-state index is 13.0. The first-order valence-corrected chi connectivity index (χ1v) is 10.3. The maximum absolute atomic E-state index is 13.0. The molecule has 7 nitrogen and oxygen atoms in total. The summed E-state index contributed by atoms with van der Waals surface area (Å²) in [5, 5.41) is 11.0. The largest absolute Gasteiger partial charge is 0.422 e. The number of thiophene rings is 1. The Balaban J connectivity index is 1.39. The number of piperidine rings is 1. The Morgan fingerprint density at radius 1 is 1.14 bits per heavy atom. The van der Waals surface area contributed by atoms with E-state index in [1.165, 1.54) is 11.3 Å². The standard InChI is InChI=1S/C21H17N3O4S/c25-20(15-11-13-5-1-2-7-16(13)27-21(15)26)24-9-3-6-14(12-24)18-22-23-19(28-18)17-8-4-10-29-17/h1-2,4-5,7-8,10-11,14H,3,6,9,12H2/t14-/m0/s1. The van der Waals surface area contributed by atoms with Gasteiger partial charge in [-0.1, -0.05) is 24.3 Å². The quantitative estimate of drug-likeness (QED) is 0.478. The summed E-state index contributed by atoms with van der Waals surface area (Å²) in [7, 11) is 0. The van der Waals surface area contributed by atoms with E-state index in [4.69, 9.17) is 8.83 Å². The predicted octanol–water partition coefficient (Wildman–Crippen LogP) is 3.92. The van der Waals surface area contributed by atoms with Crippen LogP contribution in [-0.4, -0.2) is 34.1 Å². The van der Waals surface area contributed by atoms with Crippen LogP contribution >= 0.6 is 11.3 Å². The Labute approximate surface area is 169 Å². The number of amides is 1. The van der Waals surface area contributed by atoms with Gasteiger partial charge in [-0.15, -0.1) is 21.5 Å². The number of hydrogen-bond acceptors (Lipinski definition) is 7. The minimum Gasteiger partial charge on any atom is -0.422 e. The molecule has 1 atom stereocenters. The molecule has 4 heterocycles. The van der Waals surface area contributed by atoms with Gasteiger partial charge in [0.1, 0.15) is 11.1 Å². The monoisotopic (exact) mass is 407 g/mol. The number of rotatable bonds is 3. The summed E-state index contributed by atoms with van der Waals surface area (Å²) in [5.74, 6) is 0.638. The van der Waals surface area contributed by atoms with Gasteiger partial charge < -0.3 is 13.7 Å². The fraction of sp³-hybridized carbons (Fsp3) is 0.238. The van der Waals surface area contributed by atoms with Crippen molar-refractivity contribution in [1.82, 2.24) is 15.1 Å². The highest BCUT2D eigenvalue weighted by Crippen LogP contribution is 2.30. The van der Waals surface area contributed by atoms with Gasteiger partial charge in [0.2, 0.25) is 5.89 Å². The average Bonchev–Trinajstić information content (AvgIpc) is 3.45. The molecule has 1 saturated heterocycles. The lowest BCUT2D eigenvalue weighted by Gasteiger charge is -2.30. The van der Waals surface area contributed by atoms with E-state index >= 15 is 0 Å². The molecule has 0 spiro atoms. The van der Waals surface area contributed by atoms with E-state index in [9.17, 15) is 9.59 Å². The summed E-state index contributed by atoms with van der Waals surface area (Å²) in [6.45, 7) is 1.00. The highest BCUT2D eigenvalue weighted by molar-refractivity contribution is 7.13. The maximum Gasteiger partial charge on any atom is 0.349 e. The topological polar surface area (TPSA) is 89.4 Å². The molecule has 5 rings (SSSR count). The molecular formula is C21H17N3O4S. The SMILES string of the molecule is O=C(c1cc2ccccc2oc1=O)N1CCC[C@H](c2nnc(-c3cccs3)o2)C1. The third kappa shape index (κ3) is 3.36. The number of aromatic nitrogens is 2. The molecule has 146 valence electrons. The van der Waals surface area contributed by atoms with Gasteiger partial charge in [0.05, 0.1) is 10.8 Å². The predicted molar refractivity (Wildman–Crippen MR) is 108 cm³/mol. The number of para-hydroxylation sites is 1. The van der Waals surface area contributed by atoms with Crippen molar-refractivity contribution < 1.29 is 13.6 Å². The molecule has 0 saturated carbocycles. The van der Waals surface area contributed by atoms with E-state index in [1.54, 1.807) is 23.1 Å².